The van der Waals surface area contributed by atoms with Crippen molar-refractivity contribution >= 4 is 5.91 Å². The average Bonchev–Trinajstić information content (AvgIpc) is 3.22. The van der Waals surface area contributed by atoms with Crippen molar-refractivity contribution in [1.82, 2.24) is 5.32 Å². The van der Waals surface area contributed by atoms with Crippen molar-refractivity contribution in [3.63, 3.8) is 0 Å². The largest absolute Gasteiger partial charge is 0.394 e. The number of carbonyl (C=O) groups is 1. The Labute approximate surface area is 356 Å². The predicted molar refractivity (Wildman–Crippen MR) is 253 cm³/mol. The van der Waals surface area contributed by atoms with E-state index in [1.165, 1.54) is 167 Å². The molecule has 4 nitrogen and oxygen atoms in total. The van der Waals surface area contributed by atoms with E-state index in [-0.39, 0.29) is 12.5 Å². The lowest BCUT2D eigenvalue weighted by Gasteiger charge is -2.22. The maximum atomic E-state index is 12.4. The summed E-state index contributed by atoms with van der Waals surface area (Å²) in [4.78, 5) is 12.4. The molecule has 3 N–H and O–H groups in total. The number of allylic oxidation sites excluding steroid dienone is 10. The number of hydrogen-bond acceptors (Lipinski definition) is 3. The van der Waals surface area contributed by atoms with E-state index in [2.05, 4.69) is 79.9 Å². The first-order valence-corrected chi connectivity index (χ1v) is 25.0. The molecule has 57 heavy (non-hydrogen) atoms. The van der Waals surface area contributed by atoms with Crippen molar-refractivity contribution < 1.29 is 15.0 Å². The molecule has 0 rings (SSSR count). The van der Waals surface area contributed by atoms with Gasteiger partial charge in [0.1, 0.15) is 0 Å². The molecule has 0 aliphatic rings. The van der Waals surface area contributed by atoms with Gasteiger partial charge in [0, 0.05) is 6.42 Å². The molecule has 0 aliphatic carbocycles. The topological polar surface area (TPSA) is 69.6 Å². The molecule has 0 aromatic rings. The Bertz CT molecular complexity index is 950. The molecule has 1 amide bonds. The maximum absolute atomic E-state index is 12.4. The lowest BCUT2D eigenvalue weighted by molar-refractivity contribution is -0.123. The van der Waals surface area contributed by atoms with E-state index >= 15 is 0 Å². The van der Waals surface area contributed by atoms with Crippen LogP contribution in [0, 0.1) is 0 Å². The fourth-order valence-corrected chi connectivity index (χ4v) is 7.51. The van der Waals surface area contributed by atoms with Gasteiger partial charge in [-0.3, -0.25) is 4.79 Å². The van der Waals surface area contributed by atoms with Gasteiger partial charge in [-0.1, -0.05) is 248 Å². The minimum atomic E-state index is -0.656. The number of rotatable bonds is 45. The summed E-state index contributed by atoms with van der Waals surface area (Å²) in [6.45, 7) is 4.22. The first-order chi connectivity index (χ1) is 28.2. The summed E-state index contributed by atoms with van der Waals surface area (Å²) in [5.74, 6) is -0.0328. The molecule has 0 aromatic carbocycles. The van der Waals surface area contributed by atoms with Crippen molar-refractivity contribution in [3.8, 4) is 0 Å². The molecular formula is C53H97NO3. The highest BCUT2D eigenvalue weighted by Crippen LogP contribution is 2.16. The Balaban J connectivity index is 3.38. The van der Waals surface area contributed by atoms with Gasteiger partial charge in [0.25, 0.3) is 0 Å². The zero-order valence-corrected chi connectivity index (χ0v) is 38.1. The summed E-state index contributed by atoms with van der Waals surface area (Å²) in [5.41, 5.74) is 0. The van der Waals surface area contributed by atoms with Crippen LogP contribution in [0.5, 0.6) is 0 Å². The fourth-order valence-electron chi connectivity index (χ4n) is 7.51. The number of aliphatic hydroxyl groups excluding tert-OH is 2. The number of carbonyl (C=O) groups excluding carboxylic acids is 1. The third-order valence-corrected chi connectivity index (χ3v) is 11.3. The van der Waals surface area contributed by atoms with Crippen LogP contribution in [0.1, 0.15) is 251 Å². The van der Waals surface area contributed by atoms with Crippen LogP contribution in [0.15, 0.2) is 60.8 Å². The summed E-state index contributed by atoms with van der Waals surface area (Å²) in [7, 11) is 0. The van der Waals surface area contributed by atoms with Gasteiger partial charge >= 0.3 is 0 Å². The van der Waals surface area contributed by atoms with E-state index in [4.69, 9.17) is 0 Å². The third kappa shape index (κ3) is 45.0. The number of hydrogen-bond donors (Lipinski definition) is 3. The second-order valence-electron chi connectivity index (χ2n) is 16.9. The second-order valence-corrected chi connectivity index (χ2v) is 16.9. The molecular weight excluding hydrogens is 699 g/mol. The maximum Gasteiger partial charge on any atom is 0.220 e. The molecule has 4 heteroatoms. The highest BCUT2D eigenvalue weighted by Gasteiger charge is 2.20. The van der Waals surface area contributed by atoms with Crippen molar-refractivity contribution in [2.75, 3.05) is 6.61 Å². The molecule has 0 radical (unpaired) electrons. The normalized spacial score (nSPS) is 13.4. The minimum Gasteiger partial charge on any atom is -0.394 e. The molecule has 0 aliphatic heterocycles. The SMILES string of the molecule is CC/C=C\C/C=C\C/C=C\C/C=C\C/C=C\CCCCCCCCCCCCCCCCCCCCCCCC(=O)NC(CO)C(O)CCCCCCCCCC. The summed E-state index contributed by atoms with van der Waals surface area (Å²) < 4.78 is 0. The van der Waals surface area contributed by atoms with Gasteiger partial charge in [0.05, 0.1) is 18.8 Å². The van der Waals surface area contributed by atoms with Crippen LogP contribution >= 0.6 is 0 Å². The average molecular weight is 796 g/mol. The van der Waals surface area contributed by atoms with Crippen LogP contribution in [-0.2, 0) is 4.79 Å². The zero-order valence-electron chi connectivity index (χ0n) is 38.1. The number of aliphatic hydroxyl groups is 2. The van der Waals surface area contributed by atoms with Crippen LogP contribution in [-0.4, -0.2) is 34.9 Å². The van der Waals surface area contributed by atoms with Crippen LogP contribution in [0.3, 0.4) is 0 Å². The number of amides is 1. The lowest BCUT2D eigenvalue weighted by atomic mass is 10.0. The quantitative estimate of drug-likeness (QED) is 0.0425. The molecule has 332 valence electrons. The molecule has 0 saturated carbocycles. The van der Waals surface area contributed by atoms with Gasteiger partial charge in [0.15, 0.2) is 0 Å². The third-order valence-electron chi connectivity index (χ3n) is 11.3. The Hall–Kier alpha value is -1.91. The Morgan fingerprint density at radius 3 is 1.16 bits per heavy atom. The second kappa shape index (κ2) is 48.5. The van der Waals surface area contributed by atoms with E-state index in [0.29, 0.717) is 12.8 Å². The van der Waals surface area contributed by atoms with Crippen molar-refractivity contribution in [1.29, 1.82) is 0 Å². The lowest BCUT2D eigenvalue weighted by Crippen LogP contribution is -2.45. The summed E-state index contributed by atoms with van der Waals surface area (Å²) in [6.07, 6.45) is 67.8. The summed E-state index contributed by atoms with van der Waals surface area (Å²) in [6, 6.07) is -0.533. The van der Waals surface area contributed by atoms with Gasteiger partial charge in [-0.2, -0.15) is 0 Å². The molecule has 0 saturated heterocycles. The molecule has 0 spiro atoms. The van der Waals surface area contributed by atoms with E-state index in [9.17, 15) is 15.0 Å². The number of nitrogens with one attached hydrogen (secondary N) is 1. The molecule has 2 unspecified atom stereocenters. The molecule has 0 bridgehead atoms. The van der Waals surface area contributed by atoms with E-state index in [1.807, 2.05) is 0 Å². The van der Waals surface area contributed by atoms with Gasteiger partial charge in [-0.25, -0.2) is 0 Å². The standard InChI is InChI=1S/C53H97NO3/c1-3-5-7-9-11-13-14-15-16-17-18-19-20-21-22-23-24-25-26-27-28-29-30-31-32-33-34-35-36-37-38-39-40-41-43-45-47-49-53(57)54-51(50-55)52(56)48-46-44-42-12-10-8-6-4-2/h5,7,11,13,15-16,18-19,21-22,51-52,55-56H,3-4,6,8-10,12,14,17,20,23-50H2,1-2H3,(H,54,57)/b7-5-,13-11-,16-15-,19-18-,22-21-. The molecule has 0 aromatic heterocycles. The highest BCUT2D eigenvalue weighted by molar-refractivity contribution is 5.76. The highest BCUT2D eigenvalue weighted by atomic mass is 16.3. The van der Waals surface area contributed by atoms with Gasteiger partial charge < -0.3 is 15.5 Å². The monoisotopic (exact) mass is 796 g/mol. The molecule has 2 atom stereocenters. The molecule has 0 heterocycles. The predicted octanol–water partition coefficient (Wildman–Crippen LogP) is 16.1. The van der Waals surface area contributed by atoms with Crippen LogP contribution in [0.25, 0.3) is 0 Å². The van der Waals surface area contributed by atoms with E-state index in [0.717, 1.165) is 57.8 Å². The zero-order chi connectivity index (χ0) is 41.4. The van der Waals surface area contributed by atoms with Crippen molar-refractivity contribution in [2.45, 2.75) is 264 Å². The van der Waals surface area contributed by atoms with E-state index < -0.39 is 12.1 Å². The minimum absolute atomic E-state index is 0.0328. The van der Waals surface area contributed by atoms with Crippen molar-refractivity contribution in [3.05, 3.63) is 60.8 Å². The summed E-state index contributed by atoms with van der Waals surface area (Å²) >= 11 is 0. The van der Waals surface area contributed by atoms with Crippen molar-refractivity contribution in [2.24, 2.45) is 0 Å². The Morgan fingerprint density at radius 2 is 0.772 bits per heavy atom. The van der Waals surface area contributed by atoms with Crippen LogP contribution in [0.4, 0.5) is 0 Å². The summed E-state index contributed by atoms with van der Waals surface area (Å²) in [5, 5.41) is 23.0. The van der Waals surface area contributed by atoms with Gasteiger partial charge in [-0.15, -0.1) is 0 Å². The first kappa shape index (κ1) is 55.1. The fraction of sp³-hybridized carbons (Fsp3) is 0.792. The Kier molecular flexibility index (Phi) is 46.8. The number of unbranched alkanes of at least 4 members (excludes halogenated alkanes) is 28. The smallest absolute Gasteiger partial charge is 0.220 e. The van der Waals surface area contributed by atoms with Crippen LogP contribution in [0.2, 0.25) is 0 Å². The van der Waals surface area contributed by atoms with Gasteiger partial charge in [0.2, 0.25) is 5.91 Å². The first-order valence-electron chi connectivity index (χ1n) is 25.0. The molecule has 0 fully saturated rings. The Morgan fingerprint density at radius 1 is 0.439 bits per heavy atom. The van der Waals surface area contributed by atoms with Crippen LogP contribution < -0.4 is 5.32 Å². The van der Waals surface area contributed by atoms with E-state index in [1.54, 1.807) is 0 Å². The van der Waals surface area contributed by atoms with Gasteiger partial charge in [-0.05, 0) is 57.8 Å².